The third kappa shape index (κ3) is 3.69. The van der Waals surface area contributed by atoms with Crippen LogP contribution < -0.4 is 9.88 Å². The number of nitrogens with zero attached hydrogens (tertiary/aromatic N) is 1. The van der Waals surface area contributed by atoms with Crippen molar-refractivity contribution in [3.63, 3.8) is 0 Å². The van der Waals surface area contributed by atoms with Gasteiger partial charge in [-0.2, -0.15) is 0 Å². The number of fused-ring (bicyclic) bond motifs is 1. The molecule has 162 valence electrons. The minimum Gasteiger partial charge on any atom is -0.369 e. The fourth-order valence-corrected chi connectivity index (χ4v) is 6.03. The lowest BCUT2D eigenvalue weighted by molar-refractivity contribution is -0.347. The van der Waals surface area contributed by atoms with E-state index < -0.39 is 15.6 Å². The highest BCUT2D eigenvalue weighted by atomic mass is 35.5. The molecule has 2 saturated heterocycles. The van der Waals surface area contributed by atoms with Gasteiger partial charge in [0.25, 0.3) is 0 Å². The van der Waals surface area contributed by atoms with E-state index in [2.05, 4.69) is 9.88 Å². The van der Waals surface area contributed by atoms with Gasteiger partial charge in [0.05, 0.1) is 29.2 Å². The number of hydrogen-bond acceptors (Lipinski definition) is 5. The summed E-state index contributed by atoms with van der Waals surface area (Å²) in [6, 6.07) is 12.3. The highest BCUT2D eigenvalue weighted by molar-refractivity contribution is 7.91. The monoisotopic (exact) mass is 459 g/mol. The van der Waals surface area contributed by atoms with E-state index in [1.165, 1.54) is 0 Å². The van der Waals surface area contributed by atoms with Crippen molar-refractivity contribution < 1.29 is 22.9 Å². The average Bonchev–Trinajstić information content (AvgIpc) is 3.22. The van der Waals surface area contributed by atoms with Crippen molar-refractivity contribution >= 4 is 38.0 Å². The molecule has 5 rings (SSSR count). The number of aromatic amines is 1. The Morgan fingerprint density at radius 2 is 1.71 bits per heavy atom. The molecule has 31 heavy (non-hydrogen) atoms. The van der Waals surface area contributed by atoms with Crippen LogP contribution in [0.2, 0.25) is 5.02 Å². The Labute approximate surface area is 186 Å². The van der Waals surface area contributed by atoms with Crippen LogP contribution in [0.25, 0.3) is 10.9 Å². The summed E-state index contributed by atoms with van der Waals surface area (Å²) in [5.41, 5.74) is 2.68. The number of piperidine rings is 1. The van der Waals surface area contributed by atoms with Gasteiger partial charge < -0.3 is 14.4 Å². The van der Waals surface area contributed by atoms with Gasteiger partial charge >= 0.3 is 0 Å². The number of nitrogens with one attached hydrogen (secondary N) is 1. The first-order chi connectivity index (χ1) is 14.9. The van der Waals surface area contributed by atoms with Crippen molar-refractivity contribution in [1.29, 1.82) is 0 Å². The van der Waals surface area contributed by atoms with Gasteiger partial charge in [0, 0.05) is 37.0 Å². The summed E-state index contributed by atoms with van der Waals surface area (Å²) in [6.07, 6.45) is 2.99. The van der Waals surface area contributed by atoms with E-state index in [0.717, 1.165) is 22.2 Å². The SMILES string of the molecule is Cc1ccc2[nH+]cc(S(=O)(=O)c3ccc(Cl)cc3)c(N3CCC4(CC3)OCCO4)c2c1. The quantitative estimate of drug-likeness (QED) is 0.596. The summed E-state index contributed by atoms with van der Waals surface area (Å²) in [5, 5.41) is 1.39. The van der Waals surface area contributed by atoms with Gasteiger partial charge in [0.15, 0.2) is 16.9 Å². The van der Waals surface area contributed by atoms with Gasteiger partial charge in [-0.05, 0) is 42.8 Å². The summed E-state index contributed by atoms with van der Waals surface area (Å²) in [6.45, 7) is 4.53. The normalized spacial score (nSPS) is 18.7. The lowest BCUT2D eigenvalue weighted by Gasteiger charge is -2.39. The molecule has 0 atom stereocenters. The minimum atomic E-state index is -3.76. The number of aromatic nitrogens is 1. The molecule has 3 aromatic rings. The molecule has 1 aromatic heterocycles. The van der Waals surface area contributed by atoms with Crippen LogP contribution in [-0.2, 0) is 19.3 Å². The van der Waals surface area contributed by atoms with Gasteiger partial charge in [0.1, 0.15) is 0 Å². The third-order valence-corrected chi connectivity index (χ3v) is 8.13. The van der Waals surface area contributed by atoms with Crippen molar-refractivity contribution in [3.05, 3.63) is 59.2 Å². The van der Waals surface area contributed by atoms with Crippen LogP contribution in [0.3, 0.4) is 0 Å². The van der Waals surface area contributed by atoms with Crippen molar-refractivity contribution in [2.75, 3.05) is 31.2 Å². The summed E-state index contributed by atoms with van der Waals surface area (Å²) < 4.78 is 39.0. The molecule has 2 fully saturated rings. The van der Waals surface area contributed by atoms with Gasteiger partial charge in [0.2, 0.25) is 15.4 Å². The van der Waals surface area contributed by atoms with E-state index >= 15 is 0 Å². The summed E-state index contributed by atoms with van der Waals surface area (Å²) in [7, 11) is -3.76. The maximum atomic E-state index is 13.6. The zero-order valence-corrected chi connectivity index (χ0v) is 18.8. The highest BCUT2D eigenvalue weighted by Gasteiger charge is 2.41. The van der Waals surface area contributed by atoms with Gasteiger partial charge in [-0.3, -0.25) is 0 Å². The van der Waals surface area contributed by atoms with Crippen LogP contribution in [0.1, 0.15) is 18.4 Å². The van der Waals surface area contributed by atoms with Crippen LogP contribution in [0.15, 0.2) is 58.5 Å². The smallest absolute Gasteiger partial charge is 0.214 e. The maximum Gasteiger partial charge on any atom is 0.214 e. The molecule has 0 unspecified atom stereocenters. The molecule has 2 aromatic carbocycles. The number of anilines is 1. The molecular weight excluding hydrogens is 436 g/mol. The van der Waals surface area contributed by atoms with Crippen LogP contribution >= 0.6 is 11.6 Å². The Morgan fingerprint density at radius 3 is 2.39 bits per heavy atom. The Bertz CT molecular complexity index is 1230. The van der Waals surface area contributed by atoms with E-state index in [1.807, 2.05) is 25.1 Å². The fraction of sp³-hybridized carbons (Fsp3) is 0.348. The first kappa shape index (κ1) is 20.7. The van der Waals surface area contributed by atoms with Crippen LogP contribution in [-0.4, -0.2) is 40.5 Å². The number of aryl methyl sites for hydroxylation is 1. The van der Waals surface area contributed by atoms with Crippen molar-refractivity contribution in [3.8, 4) is 0 Å². The number of hydrogen-bond donors (Lipinski definition) is 0. The fourth-order valence-electron chi connectivity index (χ4n) is 4.45. The van der Waals surface area contributed by atoms with Crippen LogP contribution in [0.5, 0.6) is 0 Å². The zero-order chi connectivity index (χ0) is 21.6. The van der Waals surface area contributed by atoms with E-state index in [0.29, 0.717) is 44.2 Å². The second-order valence-corrected chi connectivity index (χ2v) is 10.5. The van der Waals surface area contributed by atoms with E-state index in [9.17, 15) is 8.42 Å². The van der Waals surface area contributed by atoms with E-state index in [1.54, 1.807) is 30.5 Å². The summed E-state index contributed by atoms with van der Waals surface area (Å²) in [4.78, 5) is 5.81. The third-order valence-electron chi connectivity index (χ3n) is 6.09. The van der Waals surface area contributed by atoms with E-state index in [-0.39, 0.29) is 9.79 Å². The molecule has 8 heteroatoms. The van der Waals surface area contributed by atoms with Crippen molar-refractivity contribution in [1.82, 2.24) is 0 Å². The molecule has 1 spiro atoms. The number of pyridine rings is 1. The second-order valence-electron chi connectivity index (χ2n) is 8.10. The minimum absolute atomic E-state index is 0.217. The maximum absolute atomic E-state index is 13.6. The lowest BCUT2D eigenvalue weighted by atomic mass is 10.0. The number of rotatable bonds is 3. The van der Waals surface area contributed by atoms with Gasteiger partial charge in [-0.15, -0.1) is 0 Å². The number of ether oxygens (including phenoxy) is 2. The molecule has 3 heterocycles. The predicted octanol–water partition coefficient (Wildman–Crippen LogP) is 3.79. The summed E-state index contributed by atoms with van der Waals surface area (Å²) in [5.74, 6) is -0.529. The molecule has 6 nitrogen and oxygen atoms in total. The molecule has 1 N–H and O–H groups in total. The van der Waals surface area contributed by atoms with E-state index in [4.69, 9.17) is 21.1 Å². The topological polar surface area (TPSA) is 70.0 Å². The molecular formula is C23H24ClN2O4S+. The van der Waals surface area contributed by atoms with Crippen molar-refractivity contribution in [2.45, 2.75) is 35.3 Å². The molecule has 0 radical (unpaired) electrons. The van der Waals surface area contributed by atoms with Crippen LogP contribution in [0, 0.1) is 6.92 Å². The molecule has 0 bridgehead atoms. The Balaban J connectivity index is 1.64. The van der Waals surface area contributed by atoms with Gasteiger partial charge in [-0.1, -0.05) is 17.7 Å². The number of halogens is 1. The average molecular weight is 460 g/mol. The Morgan fingerprint density at radius 1 is 1.03 bits per heavy atom. The Kier molecular flexibility index (Phi) is 5.17. The number of benzene rings is 2. The molecule has 0 amide bonds. The standard InChI is InChI=1S/C23H23ClN2O4S/c1-16-2-7-20-19(14-16)22(26-10-8-23(9-11-26)29-12-13-30-23)21(15-25-20)31(27,28)18-5-3-17(24)4-6-18/h2-7,14-15H,8-13H2,1H3/p+1. The molecule has 2 aliphatic heterocycles. The Hall–Kier alpha value is -2.19. The highest BCUT2D eigenvalue weighted by Crippen LogP contribution is 2.39. The lowest BCUT2D eigenvalue weighted by Crippen LogP contribution is -2.45. The molecule has 0 saturated carbocycles. The summed E-state index contributed by atoms with van der Waals surface area (Å²) >= 11 is 5.98. The first-order valence-electron chi connectivity index (χ1n) is 10.4. The molecule has 2 aliphatic rings. The second kappa shape index (κ2) is 7.74. The predicted molar refractivity (Wildman–Crippen MR) is 118 cm³/mol. The largest absolute Gasteiger partial charge is 0.369 e. The molecule has 0 aliphatic carbocycles. The first-order valence-corrected chi connectivity index (χ1v) is 12.2. The zero-order valence-electron chi connectivity index (χ0n) is 17.2. The van der Waals surface area contributed by atoms with Crippen LogP contribution in [0.4, 0.5) is 5.69 Å². The van der Waals surface area contributed by atoms with Gasteiger partial charge in [-0.25, -0.2) is 13.4 Å². The number of H-pyrrole nitrogens is 1. The number of sulfone groups is 1. The van der Waals surface area contributed by atoms with Crippen molar-refractivity contribution in [2.24, 2.45) is 0 Å².